The summed E-state index contributed by atoms with van der Waals surface area (Å²) in [7, 11) is 0. The molecule has 0 N–H and O–H groups in total. The average molecular weight is 283 g/mol. The van der Waals surface area contributed by atoms with Crippen molar-refractivity contribution in [2.24, 2.45) is 0 Å². The average Bonchev–Trinajstić information content (AvgIpc) is 2.32. The normalized spacial score (nSPS) is 12.2. The molecule has 0 aliphatic heterocycles. The predicted octanol–water partition coefficient (Wildman–Crippen LogP) is 2.85. The SMILES string of the molecule is CC(=O)OCC(/C=C/c1cccc(Cl)c1)OC(C)=O. The van der Waals surface area contributed by atoms with Gasteiger partial charge < -0.3 is 9.47 Å². The molecule has 1 unspecified atom stereocenters. The number of carbonyl (C=O) groups is 2. The first kappa shape index (κ1) is 15.2. The molecule has 0 bridgehead atoms. The summed E-state index contributed by atoms with van der Waals surface area (Å²) in [5.74, 6) is -0.860. The second-order valence-electron chi connectivity index (χ2n) is 3.86. The fraction of sp³-hybridized carbons (Fsp3) is 0.286. The molecular formula is C14H15ClO4. The molecule has 0 aromatic heterocycles. The van der Waals surface area contributed by atoms with Crippen LogP contribution in [0.25, 0.3) is 6.08 Å². The Kier molecular flexibility index (Phi) is 6.09. The third-order valence-electron chi connectivity index (χ3n) is 2.12. The summed E-state index contributed by atoms with van der Waals surface area (Å²) >= 11 is 5.86. The standard InChI is InChI=1S/C14H15ClO4/c1-10(16)18-9-14(19-11(2)17)7-6-12-4-3-5-13(15)8-12/h3-8,14H,9H2,1-2H3/b7-6+. The Morgan fingerprint density at radius 1 is 1.32 bits per heavy atom. The highest BCUT2D eigenvalue weighted by atomic mass is 35.5. The minimum Gasteiger partial charge on any atom is -0.462 e. The molecule has 0 radical (unpaired) electrons. The van der Waals surface area contributed by atoms with Crippen LogP contribution in [0.4, 0.5) is 0 Å². The van der Waals surface area contributed by atoms with Crippen molar-refractivity contribution >= 4 is 29.6 Å². The first-order valence-corrected chi connectivity index (χ1v) is 6.09. The van der Waals surface area contributed by atoms with Gasteiger partial charge in [-0.25, -0.2) is 0 Å². The van der Waals surface area contributed by atoms with Gasteiger partial charge in [0.15, 0.2) is 6.10 Å². The molecule has 102 valence electrons. The molecule has 1 aromatic rings. The highest BCUT2D eigenvalue weighted by Gasteiger charge is 2.10. The number of hydrogen-bond acceptors (Lipinski definition) is 4. The topological polar surface area (TPSA) is 52.6 Å². The number of benzene rings is 1. The summed E-state index contributed by atoms with van der Waals surface area (Å²) in [5, 5.41) is 0.617. The smallest absolute Gasteiger partial charge is 0.303 e. The van der Waals surface area contributed by atoms with Crippen LogP contribution in [-0.2, 0) is 19.1 Å². The number of halogens is 1. The Labute approximate surface area is 117 Å². The molecule has 1 aromatic carbocycles. The molecule has 5 heteroatoms. The number of hydrogen-bond donors (Lipinski definition) is 0. The van der Waals surface area contributed by atoms with Crippen molar-refractivity contribution in [3.05, 3.63) is 40.9 Å². The molecule has 0 fully saturated rings. The summed E-state index contributed by atoms with van der Waals surface area (Å²) in [4.78, 5) is 21.7. The number of rotatable bonds is 5. The molecule has 19 heavy (non-hydrogen) atoms. The lowest BCUT2D eigenvalue weighted by Crippen LogP contribution is -2.21. The number of carbonyl (C=O) groups excluding carboxylic acids is 2. The summed E-state index contributed by atoms with van der Waals surface area (Å²) in [6.07, 6.45) is 2.79. The minimum atomic E-state index is -0.611. The maximum absolute atomic E-state index is 10.9. The lowest BCUT2D eigenvalue weighted by atomic mass is 10.2. The molecular weight excluding hydrogens is 268 g/mol. The van der Waals surface area contributed by atoms with E-state index < -0.39 is 18.0 Å². The van der Waals surface area contributed by atoms with Gasteiger partial charge in [0.2, 0.25) is 0 Å². The van der Waals surface area contributed by atoms with Crippen molar-refractivity contribution in [2.45, 2.75) is 20.0 Å². The van der Waals surface area contributed by atoms with Crippen LogP contribution in [0.1, 0.15) is 19.4 Å². The Morgan fingerprint density at radius 3 is 2.63 bits per heavy atom. The van der Waals surface area contributed by atoms with Crippen molar-refractivity contribution in [3.8, 4) is 0 Å². The van der Waals surface area contributed by atoms with Crippen molar-refractivity contribution in [1.29, 1.82) is 0 Å². The van der Waals surface area contributed by atoms with Gasteiger partial charge in [-0.05, 0) is 23.8 Å². The molecule has 0 aliphatic rings. The van der Waals surface area contributed by atoms with Crippen LogP contribution in [0.5, 0.6) is 0 Å². The molecule has 0 saturated heterocycles. The van der Waals surface area contributed by atoms with Gasteiger partial charge in [0.25, 0.3) is 0 Å². The zero-order chi connectivity index (χ0) is 14.3. The summed E-state index contributed by atoms with van der Waals surface area (Å²) in [6.45, 7) is 2.59. The summed E-state index contributed by atoms with van der Waals surface area (Å²) in [5.41, 5.74) is 0.868. The Balaban J connectivity index is 2.69. The van der Waals surface area contributed by atoms with Crippen LogP contribution in [0.15, 0.2) is 30.3 Å². The highest BCUT2D eigenvalue weighted by Crippen LogP contribution is 2.12. The second kappa shape index (κ2) is 7.59. The van der Waals surface area contributed by atoms with Crippen LogP contribution < -0.4 is 0 Å². The van der Waals surface area contributed by atoms with E-state index >= 15 is 0 Å². The third-order valence-corrected chi connectivity index (χ3v) is 2.36. The maximum Gasteiger partial charge on any atom is 0.303 e. The Hall–Kier alpha value is -1.81. The van der Waals surface area contributed by atoms with E-state index in [0.29, 0.717) is 5.02 Å². The molecule has 1 rings (SSSR count). The number of ether oxygens (including phenoxy) is 2. The fourth-order valence-corrected chi connectivity index (χ4v) is 1.57. The monoisotopic (exact) mass is 282 g/mol. The zero-order valence-electron chi connectivity index (χ0n) is 10.8. The summed E-state index contributed by atoms with van der Waals surface area (Å²) < 4.78 is 9.84. The molecule has 4 nitrogen and oxygen atoms in total. The zero-order valence-corrected chi connectivity index (χ0v) is 11.5. The van der Waals surface area contributed by atoms with Gasteiger partial charge in [-0.2, -0.15) is 0 Å². The van der Waals surface area contributed by atoms with Gasteiger partial charge in [-0.15, -0.1) is 0 Å². The molecule has 0 saturated carbocycles. The van der Waals surface area contributed by atoms with E-state index in [1.807, 2.05) is 12.1 Å². The van der Waals surface area contributed by atoms with Crippen LogP contribution in [0, 0.1) is 0 Å². The van der Waals surface area contributed by atoms with Gasteiger partial charge in [-0.1, -0.05) is 29.8 Å². The van der Waals surface area contributed by atoms with Crippen molar-refractivity contribution in [3.63, 3.8) is 0 Å². The quantitative estimate of drug-likeness (QED) is 0.779. The fourth-order valence-electron chi connectivity index (χ4n) is 1.37. The Morgan fingerprint density at radius 2 is 2.05 bits per heavy atom. The van der Waals surface area contributed by atoms with E-state index in [2.05, 4.69) is 0 Å². The van der Waals surface area contributed by atoms with Crippen molar-refractivity contribution < 1.29 is 19.1 Å². The maximum atomic E-state index is 10.9. The van der Waals surface area contributed by atoms with E-state index in [0.717, 1.165) is 5.56 Å². The van der Waals surface area contributed by atoms with Crippen LogP contribution >= 0.6 is 11.6 Å². The third kappa shape index (κ3) is 6.62. The lowest BCUT2D eigenvalue weighted by Gasteiger charge is -2.12. The van der Waals surface area contributed by atoms with Gasteiger partial charge in [0.05, 0.1) is 0 Å². The Bertz CT molecular complexity index is 482. The molecule has 0 spiro atoms. The first-order valence-electron chi connectivity index (χ1n) is 5.71. The lowest BCUT2D eigenvalue weighted by molar-refractivity contribution is -0.153. The van der Waals surface area contributed by atoms with Gasteiger partial charge in [0, 0.05) is 18.9 Å². The first-order chi connectivity index (χ1) is 8.97. The summed E-state index contributed by atoms with van der Waals surface area (Å²) in [6, 6.07) is 7.21. The molecule has 0 heterocycles. The van der Waals surface area contributed by atoms with Crippen molar-refractivity contribution in [1.82, 2.24) is 0 Å². The van der Waals surface area contributed by atoms with Gasteiger partial charge >= 0.3 is 11.9 Å². The van der Waals surface area contributed by atoms with E-state index in [1.165, 1.54) is 13.8 Å². The van der Waals surface area contributed by atoms with E-state index in [9.17, 15) is 9.59 Å². The van der Waals surface area contributed by atoms with E-state index in [4.69, 9.17) is 21.1 Å². The second-order valence-corrected chi connectivity index (χ2v) is 4.30. The molecule has 0 aliphatic carbocycles. The van der Waals surface area contributed by atoms with E-state index in [1.54, 1.807) is 24.3 Å². The van der Waals surface area contributed by atoms with Crippen LogP contribution in [0.2, 0.25) is 5.02 Å². The number of esters is 2. The van der Waals surface area contributed by atoms with Crippen LogP contribution in [-0.4, -0.2) is 24.6 Å². The van der Waals surface area contributed by atoms with Gasteiger partial charge in [-0.3, -0.25) is 9.59 Å². The van der Waals surface area contributed by atoms with Gasteiger partial charge in [0.1, 0.15) is 6.61 Å². The predicted molar refractivity (Wildman–Crippen MR) is 72.7 cm³/mol. The van der Waals surface area contributed by atoms with Crippen LogP contribution in [0.3, 0.4) is 0 Å². The minimum absolute atomic E-state index is 0.00796. The molecule has 1 atom stereocenters. The highest BCUT2D eigenvalue weighted by molar-refractivity contribution is 6.30. The molecule has 0 amide bonds. The van der Waals surface area contributed by atoms with E-state index in [-0.39, 0.29) is 6.61 Å². The van der Waals surface area contributed by atoms with Crippen molar-refractivity contribution in [2.75, 3.05) is 6.61 Å². The largest absolute Gasteiger partial charge is 0.462 e.